The van der Waals surface area contributed by atoms with Gasteiger partial charge in [-0.3, -0.25) is 4.79 Å². The minimum atomic E-state index is -0.0126. The van der Waals surface area contributed by atoms with Gasteiger partial charge < -0.3 is 11.1 Å². The van der Waals surface area contributed by atoms with Crippen LogP contribution in [0.15, 0.2) is 0 Å². The van der Waals surface area contributed by atoms with Gasteiger partial charge in [0.25, 0.3) is 0 Å². The molecule has 1 saturated carbocycles. The van der Waals surface area contributed by atoms with Crippen molar-refractivity contribution in [3.05, 3.63) is 0 Å². The van der Waals surface area contributed by atoms with Crippen LogP contribution < -0.4 is 11.1 Å². The molecule has 3 nitrogen and oxygen atoms in total. The molecule has 0 spiro atoms. The molecular weight excluding hydrogens is 176 g/mol. The first-order valence-corrected chi connectivity index (χ1v) is 5.55. The molecule has 0 radical (unpaired) electrons. The second-order valence-corrected chi connectivity index (χ2v) is 4.81. The molecule has 1 rings (SSSR count). The predicted octanol–water partition coefficient (Wildman–Crippen LogP) is 1.27. The van der Waals surface area contributed by atoms with Gasteiger partial charge in [0.2, 0.25) is 5.91 Å². The smallest absolute Gasteiger partial charge is 0.221 e. The maximum absolute atomic E-state index is 11.5. The molecule has 1 aliphatic carbocycles. The van der Waals surface area contributed by atoms with Crippen molar-refractivity contribution in [3.63, 3.8) is 0 Å². The fourth-order valence-electron chi connectivity index (χ4n) is 1.48. The molecule has 0 aromatic rings. The van der Waals surface area contributed by atoms with Gasteiger partial charge in [-0.15, -0.1) is 0 Å². The van der Waals surface area contributed by atoms with Crippen molar-refractivity contribution >= 4 is 5.91 Å². The fraction of sp³-hybridized carbons (Fsp3) is 0.909. The summed E-state index contributed by atoms with van der Waals surface area (Å²) in [5, 5.41) is 3.01. The van der Waals surface area contributed by atoms with Crippen LogP contribution in [0.2, 0.25) is 0 Å². The minimum absolute atomic E-state index is 0.0126. The molecular formula is C11H22N2O. The molecule has 82 valence electrons. The SMILES string of the molecule is CC(C)C(N)CC(=O)NC(C)C1CC1. The summed E-state index contributed by atoms with van der Waals surface area (Å²) in [4.78, 5) is 11.5. The Bertz CT molecular complexity index is 187. The zero-order valence-corrected chi connectivity index (χ0v) is 9.42. The van der Waals surface area contributed by atoms with Crippen molar-refractivity contribution in [1.29, 1.82) is 0 Å². The van der Waals surface area contributed by atoms with E-state index in [0.717, 1.165) is 0 Å². The molecule has 0 aromatic heterocycles. The average Bonchev–Trinajstić information content (AvgIpc) is 2.85. The van der Waals surface area contributed by atoms with Crippen LogP contribution in [0.1, 0.15) is 40.0 Å². The van der Waals surface area contributed by atoms with Crippen LogP contribution >= 0.6 is 0 Å². The molecule has 0 heterocycles. The van der Waals surface area contributed by atoms with Crippen molar-refractivity contribution < 1.29 is 4.79 Å². The number of amides is 1. The maximum Gasteiger partial charge on any atom is 0.221 e. The number of carbonyl (C=O) groups is 1. The zero-order valence-electron chi connectivity index (χ0n) is 9.42. The minimum Gasteiger partial charge on any atom is -0.353 e. The fourth-order valence-corrected chi connectivity index (χ4v) is 1.48. The van der Waals surface area contributed by atoms with Crippen LogP contribution in [-0.4, -0.2) is 18.0 Å². The lowest BCUT2D eigenvalue weighted by Crippen LogP contribution is -2.39. The number of carbonyl (C=O) groups excluding carboxylic acids is 1. The Hall–Kier alpha value is -0.570. The van der Waals surface area contributed by atoms with Gasteiger partial charge in [-0.05, 0) is 31.6 Å². The molecule has 0 aromatic carbocycles. The van der Waals surface area contributed by atoms with E-state index in [4.69, 9.17) is 5.73 Å². The van der Waals surface area contributed by atoms with Gasteiger partial charge in [-0.2, -0.15) is 0 Å². The number of nitrogens with two attached hydrogens (primary N) is 1. The quantitative estimate of drug-likeness (QED) is 0.699. The molecule has 1 aliphatic rings. The lowest BCUT2D eigenvalue weighted by Gasteiger charge is -2.17. The first-order chi connectivity index (χ1) is 6.50. The molecule has 3 heteroatoms. The first kappa shape index (κ1) is 11.5. The summed E-state index contributed by atoms with van der Waals surface area (Å²) in [6.45, 7) is 6.17. The Kier molecular flexibility index (Phi) is 3.93. The second kappa shape index (κ2) is 4.78. The van der Waals surface area contributed by atoms with Gasteiger partial charge in [0.1, 0.15) is 0 Å². The highest BCUT2D eigenvalue weighted by molar-refractivity contribution is 5.76. The van der Waals surface area contributed by atoms with E-state index in [0.29, 0.717) is 24.3 Å². The summed E-state index contributed by atoms with van der Waals surface area (Å²) in [5.41, 5.74) is 5.82. The molecule has 3 N–H and O–H groups in total. The van der Waals surface area contributed by atoms with E-state index < -0.39 is 0 Å². The lowest BCUT2D eigenvalue weighted by molar-refractivity contribution is -0.122. The zero-order chi connectivity index (χ0) is 10.7. The van der Waals surface area contributed by atoms with E-state index in [1.807, 2.05) is 13.8 Å². The highest BCUT2D eigenvalue weighted by Gasteiger charge is 2.29. The van der Waals surface area contributed by atoms with Gasteiger partial charge >= 0.3 is 0 Å². The highest BCUT2D eigenvalue weighted by atomic mass is 16.1. The number of hydrogen-bond acceptors (Lipinski definition) is 2. The van der Waals surface area contributed by atoms with Crippen LogP contribution in [0.3, 0.4) is 0 Å². The number of hydrogen-bond donors (Lipinski definition) is 2. The third-order valence-electron chi connectivity index (χ3n) is 3.00. The summed E-state index contributed by atoms with van der Waals surface area (Å²) >= 11 is 0. The van der Waals surface area contributed by atoms with Gasteiger partial charge in [0, 0.05) is 18.5 Å². The van der Waals surface area contributed by atoms with Crippen molar-refractivity contribution in [2.45, 2.75) is 52.1 Å². The topological polar surface area (TPSA) is 55.1 Å². The molecule has 2 unspecified atom stereocenters. The number of nitrogens with one attached hydrogen (secondary N) is 1. The Balaban J connectivity index is 2.20. The lowest BCUT2D eigenvalue weighted by atomic mass is 10.0. The normalized spacial score (nSPS) is 20.6. The molecule has 14 heavy (non-hydrogen) atoms. The summed E-state index contributed by atoms with van der Waals surface area (Å²) in [6, 6.07) is 0.322. The second-order valence-electron chi connectivity index (χ2n) is 4.81. The van der Waals surface area contributed by atoms with E-state index in [1.54, 1.807) is 0 Å². The molecule has 0 bridgehead atoms. The summed E-state index contributed by atoms with van der Waals surface area (Å²) in [5.74, 6) is 1.19. The Morgan fingerprint density at radius 2 is 2.00 bits per heavy atom. The molecule has 1 amide bonds. The van der Waals surface area contributed by atoms with E-state index in [-0.39, 0.29) is 11.9 Å². The third kappa shape index (κ3) is 3.66. The Labute approximate surface area is 86.4 Å². The van der Waals surface area contributed by atoms with Crippen LogP contribution in [-0.2, 0) is 4.79 Å². The van der Waals surface area contributed by atoms with Crippen molar-refractivity contribution in [2.75, 3.05) is 0 Å². The van der Waals surface area contributed by atoms with Crippen molar-refractivity contribution in [3.8, 4) is 0 Å². The average molecular weight is 198 g/mol. The van der Waals surface area contributed by atoms with E-state index in [1.165, 1.54) is 12.8 Å². The summed E-state index contributed by atoms with van der Waals surface area (Å²) < 4.78 is 0. The molecule has 1 fully saturated rings. The Morgan fingerprint density at radius 1 is 1.43 bits per heavy atom. The standard InChI is InChI=1S/C11H22N2O/c1-7(2)10(12)6-11(14)13-8(3)9-4-5-9/h7-10H,4-6,12H2,1-3H3,(H,13,14). The molecule has 2 atom stereocenters. The largest absolute Gasteiger partial charge is 0.353 e. The van der Waals surface area contributed by atoms with Gasteiger partial charge in [-0.1, -0.05) is 13.8 Å². The van der Waals surface area contributed by atoms with Gasteiger partial charge in [0.05, 0.1) is 0 Å². The van der Waals surface area contributed by atoms with Crippen LogP contribution in [0.4, 0.5) is 0 Å². The number of rotatable bonds is 5. The van der Waals surface area contributed by atoms with Gasteiger partial charge in [0.15, 0.2) is 0 Å². The first-order valence-electron chi connectivity index (χ1n) is 5.55. The molecule has 0 saturated heterocycles. The third-order valence-corrected chi connectivity index (χ3v) is 3.00. The van der Waals surface area contributed by atoms with Crippen LogP contribution in [0, 0.1) is 11.8 Å². The summed E-state index contributed by atoms with van der Waals surface area (Å²) in [6.07, 6.45) is 2.98. The van der Waals surface area contributed by atoms with Crippen LogP contribution in [0.25, 0.3) is 0 Å². The van der Waals surface area contributed by atoms with Gasteiger partial charge in [-0.25, -0.2) is 0 Å². The van der Waals surface area contributed by atoms with E-state index in [2.05, 4.69) is 12.2 Å². The van der Waals surface area contributed by atoms with Crippen LogP contribution in [0.5, 0.6) is 0 Å². The highest BCUT2D eigenvalue weighted by Crippen LogP contribution is 2.32. The van der Waals surface area contributed by atoms with Crippen molar-refractivity contribution in [2.24, 2.45) is 17.6 Å². The summed E-state index contributed by atoms with van der Waals surface area (Å²) in [7, 11) is 0. The van der Waals surface area contributed by atoms with E-state index >= 15 is 0 Å². The van der Waals surface area contributed by atoms with Crippen molar-refractivity contribution in [1.82, 2.24) is 5.32 Å². The Morgan fingerprint density at radius 3 is 2.43 bits per heavy atom. The predicted molar refractivity (Wildman–Crippen MR) is 57.8 cm³/mol. The monoisotopic (exact) mass is 198 g/mol. The maximum atomic E-state index is 11.5. The van der Waals surface area contributed by atoms with E-state index in [9.17, 15) is 4.79 Å². The molecule has 0 aliphatic heterocycles.